The summed E-state index contributed by atoms with van der Waals surface area (Å²) in [5.74, 6) is 0. The fourth-order valence-electron chi connectivity index (χ4n) is 1.22. The molecule has 0 unspecified atom stereocenters. The van der Waals surface area contributed by atoms with Crippen molar-refractivity contribution in [1.82, 2.24) is 15.0 Å². The summed E-state index contributed by atoms with van der Waals surface area (Å²) in [4.78, 5) is 0. The number of halogens is 3. The van der Waals surface area contributed by atoms with Gasteiger partial charge in [-0.15, -0.1) is 5.10 Å². The van der Waals surface area contributed by atoms with Gasteiger partial charge in [-0.1, -0.05) is 18.6 Å². The Morgan fingerprint density at radius 2 is 2.00 bits per heavy atom. The van der Waals surface area contributed by atoms with Gasteiger partial charge in [-0.05, 0) is 13.3 Å². The molecule has 1 aromatic rings. The maximum atomic E-state index is 12.5. The third kappa shape index (κ3) is 2.24. The molecule has 0 aliphatic carbocycles. The molecule has 6 heteroatoms. The van der Waals surface area contributed by atoms with E-state index < -0.39 is 11.9 Å². The van der Waals surface area contributed by atoms with Crippen LogP contribution in [0, 0.1) is 6.92 Å². The van der Waals surface area contributed by atoms with Crippen molar-refractivity contribution in [3.8, 4) is 0 Å². The minimum atomic E-state index is -4.36. The van der Waals surface area contributed by atoms with Crippen LogP contribution in [0.15, 0.2) is 0 Å². The van der Waals surface area contributed by atoms with E-state index in [0.717, 1.165) is 11.1 Å². The molecule has 0 fully saturated rings. The van der Waals surface area contributed by atoms with Crippen molar-refractivity contribution in [3.63, 3.8) is 0 Å². The van der Waals surface area contributed by atoms with Crippen molar-refractivity contribution in [2.45, 2.75) is 39.4 Å². The van der Waals surface area contributed by atoms with E-state index >= 15 is 0 Å². The molecule has 0 aliphatic rings. The molecule has 0 N–H and O–H groups in total. The average Bonchev–Trinajstić information content (AvgIpc) is 2.42. The molecular weight excluding hydrogens is 195 g/mol. The quantitative estimate of drug-likeness (QED) is 0.762. The summed E-state index contributed by atoms with van der Waals surface area (Å²) in [6.07, 6.45) is -2.86. The molecule has 0 aliphatic heterocycles. The maximum Gasteiger partial charge on any atom is 0.434 e. The lowest BCUT2D eigenvalue weighted by Gasteiger charge is -2.09. The third-order valence-electron chi connectivity index (χ3n) is 1.90. The van der Waals surface area contributed by atoms with Gasteiger partial charge in [-0.3, -0.25) is 0 Å². The van der Waals surface area contributed by atoms with Crippen LogP contribution < -0.4 is 0 Å². The number of alkyl halides is 3. The van der Waals surface area contributed by atoms with Crippen molar-refractivity contribution in [1.29, 1.82) is 0 Å². The van der Waals surface area contributed by atoms with Gasteiger partial charge in [0, 0.05) is 6.54 Å². The lowest BCUT2D eigenvalue weighted by Crippen LogP contribution is -2.16. The molecule has 1 heterocycles. The van der Waals surface area contributed by atoms with Gasteiger partial charge < -0.3 is 0 Å². The number of nitrogens with zero attached hydrogens (tertiary/aromatic N) is 3. The summed E-state index contributed by atoms with van der Waals surface area (Å²) < 4.78 is 38.3. The molecule has 80 valence electrons. The van der Waals surface area contributed by atoms with Crippen LogP contribution >= 0.6 is 0 Å². The molecule has 0 spiro atoms. The second-order valence-electron chi connectivity index (χ2n) is 3.10. The lowest BCUT2D eigenvalue weighted by molar-refractivity contribution is -0.144. The number of aryl methyl sites for hydroxylation is 2. The van der Waals surface area contributed by atoms with Crippen LogP contribution in [0.3, 0.4) is 0 Å². The standard InChI is InChI=1S/C8H12F3N3/c1-3-4-5-14-7(8(9,10)11)6(2)12-13-14/h3-5H2,1-2H3. The summed E-state index contributed by atoms with van der Waals surface area (Å²) in [7, 11) is 0. The molecule has 0 atom stereocenters. The molecule has 0 radical (unpaired) electrons. The first-order chi connectivity index (χ1) is 6.46. The van der Waals surface area contributed by atoms with Crippen LogP contribution in [-0.2, 0) is 12.7 Å². The lowest BCUT2D eigenvalue weighted by atomic mass is 10.3. The summed E-state index contributed by atoms with van der Waals surface area (Å²) in [5.41, 5.74) is -0.792. The van der Waals surface area contributed by atoms with E-state index in [1.165, 1.54) is 6.92 Å². The molecule has 0 bridgehead atoms. The predicted molar refractivity (Wildman–Crippen MR) is 44.7 cm³/mol. The summed E-state index contributed by atoms with van der Waals surface area (Å²) in [5, 5.41) is 6.90. The van der Waals surface area contributed by atoms with Gasteiger partial charge >= 0.3 is 6.18 Å². The SMILES string of the molecule is CCCCn1nnc(C)c1C(F)(F)F. The van der Waals surface area contributed by atoms with Crippen LogP contribution in [0.25, 0.3) is 0 Å². The number of aromatic nitrogens is 3. The van der Waals surface area contributed by atoms with E-state index in [2.05, 4.69) is 10.3 Å². The van der Waals surface area contributed by atoms with Crippen LogP contribution in [0.5, 0.6) is 0 Å². The molecule has 0 saturated carbocycles. The average molecular weight is 207 g/mol. The van der Waals surface area contributed by atoms with E-state index in [-0.39, 0.29) is 12.2 Å². The van der Waals surface area contributed by atoms with Crippen molar-refractivity contribution in [3.05, 3.63) is 11.4 Å². The van der Waals surface area contributed by atoms with Crippen molar-refractivity contribution < 1.29 is 13.2 Å². The number of hydrogen-bond donors (Lipinski definition) is 0. The van der Waals surface area contributed by atoms with Crippen LogP contribution in [0.1, 0.15) is 31.2 Å². The van der Waals surface area contributed by atoms with Gasteiger partial charge in [-0.2, -0.15) is 13.2 Å². The summed E-state index contributed by atoms with van der Waals surface area (Å²) in [6, 6.07) is 0. The highest BCUT2D eigenvalue weighted by molar-refractivity contribution is 5.11. The Bertz CT molecular complexity index is 303. The minimum absolute atomic E-state index is 0.0615. The van der Waals surface area contributed by atoms with Gasteiger partial charge in [0.05, 0.1) is 5.69 Å². The van der Waals surface area contributed by atoms with Gasteiger partial charge in [0.1, 0.15) is 0 Å². The Kier molecular flexibility index (Phi) is 3.13. The Morgan fingerprint density at radius 3 is 2.50 bits per heavy atom. The van der Waals surface area contributed by atoms with E-state index in [1.807, 2.05) is 6.92 Å². The molecule has 0 saturated heterocycles. The second-order valence-corrected chi connectivity index (χ2v) is 3.10. The fraction of sp³-hybridized carbons (Fsp3) is 0.750. The van der Waals surface area contributed by atoms with Crippen molar-refractivity contribution >= 4 is 0 Å². The van der Waals surface area contributed by atoms with E-state index in [1.54, 1.807) is 0 Å². The second kappa shape index (κ2) is 3.98. The Hall–Kier alpha value is -1.07. The number of hydrogen-bond acceptors (Lipinski definition) is 2. The molecule has 0 aromatic carbocycles. The molecule has 14 heavy (non-hydrogen) atoms. The first-order valence-electron chi connectivity index (χ1n) is 4.44. The van der Waals surface area contributed by atoms with Gasteiger partial charge in [0.15, 0.2) is 5.69 Å². The van der Waals surface area contributed by atoms with Crippen LogP contribution in [-0.4, -0.2) is 15.0 Å². The number of unbranched alkanes of at least 4 members (excludes halogenated alkanes) is 1. The third-order valence-corrected chi connectivity index (χ3v) is 1.90. The zero-order chi connectivity index (χ0) is 10.8. The molecule has 1 aromatic heterocycles. The topological polar surface area (TPSA) is 30.7 Å². The predicted octanol–water partition coefficient (Wildman–Crippen LogP) is 2.41. The normalized spacial score (nSPS) is 12.1. The Morgan fingerprint density at radius 1 is 1.36 bits per heavy atom. The summed E-state index contributed by atoms with van der Waals surface area (Å²) in [6.45, 7) is 3.50. The first kappa shape index (κ1) is 11.0. The highest BCUT2D eigenvalue weighted by Gasteiger charge is 2.37. The highest BCUT2D eigenvalue weighted by atomic mass is 19.4. The Balaban J connectivity index is 2.95. The van der Waals surface area contributed by atoms with Crippen LogP contribution in [0.4, 0.5) is 13.2 Å². The first-order valence-corrected chi connectivity index (χ1v) is 4.44. The number of rotatable bonds is 3. The van der Waals surface area contributed by atoms with Gasteiger partial charge in [0.25, 0.3) is 0 Å². The van der Waals surface area contributed by atoms with Crippen LogP contribution in [0.2, 0.25) is 0 Å². The van der Waals surface area contributed by atoms with E-state index in [0.29, 0.717) is 6.42 Å². The van der Waals surface area contributed by atoms with E-state index in [4.69, 9.17) is 0 Å². The zero-order valence-electron chi connectivity index (χ0n) is 8.10. The monoisotopic (exact) mass is 207 g/mol. The largest absolute Gasteiger partial charge is 0.434 e. The minimum Gasteiger partial charge on any atom is -0.240 e. The van der Waals surface area contributed by atoms with E-state index in [9.17, 15) is 13.2 Å². The van der Waals surface area contributed by atoms with Gasteiger partial charge in [-0.25, -0.2) is 4.68 Å². The molecular formula is C8H12F3N3. The smallest absolute Gasteiger partial charge is 0.240 e. The molecule has 1 rings (SSSR count). The van der Waals surface area contributed by atoms with Crippen molar-refractivity contribution in [2.75, 3.05) is 0 Å². The zero-order valence-corrected chi connectivity index (χ0v) is 8.10. The Labute approximate surface area is 79.9 Å². The molecule has 3 nitrogen and oxygen atoms in total. The maximum absolute atomic E-state index is 12.5. The summed E-state index contributed by atoms with van der Waals surface area (Å²) >= 11 is 0. The van der Waals surface area contributed by atoms with Crippen molar-refractivity contribution in [2.24, 2.45) is 0 Å². The fourth-order valence-corrected chi connectivity index (χ4v) is 1.22. The molecule has 0 amide bonds. The highest BCUT2D eigenvalue weighted by Crippen LogP contribution is 2.30. The van der Waals surface area contributed by atoms with Gasteiger partial charge in [0.2, 0.25) is 0 Å².